The van der Waals surface area contributed by atoms with Crippen molar-refractivity contribution in [1.82, 2.24) is 4.72 Å². The number of thiophene rings is 1. The molecule has 8 heteroatoms. The topological polar surface area (TPSA) is 102 Å². The van der Waals surface area contributed by atoms with E-state index in [0.717, 1.165) is 11.3 Å². The van der Waals surface area contributed by atoms with Gasteiger partial charge in [0.15, 0.2) is 0 Å². The molecule has 0 saturated heterocycles. The molecule has 0 radical (unpaired) electrons. The minimum absolute atomic E-state index is 0.0470. The summed E-state index contributed by atoms with van der Waals surface area (Å²) in [6, 6.07) is 4.77. The summed E-state index contributed by atoms with van der Waals surface area (Å²) in [7, 11) is -3.62. The molecule has 2 heterocycles. The van der Waals surface area contributed by atoms with Crippen LogP contribution in [0.5, 0.6) is 0 Å². The summed E-state index contributed by atoms with van der Waals surface area (Å²) >= 11 is 1.00. The molecule has 0 fully saturated rings. The van der Waals surface area contributed by atoms with Gasteiger partial charge in [0.1, 0.15) is 5.76 Å². The molecular formula is C11H12N2O4S2. The first-order valence-electron chi connectivity index (χ1n) is 5.39. The largest absolute Gasteiger partial charge is 0.469 e. The van der Waals surface area contributed by atoms with E-state index in [-0.39, 0.29) is 16.3 Å². The van der Waals surface area contributed by atoms with E-state index in [1.165, 1.54) is 17.7 Å². The monoisotopic (exact) mass is 300 g/mol. The highest BCUT2D eigenvalue weighted by Gasteiger charge is 2.17. The number of amides is 1. The third kappa shape index (κ3) is 3.43. The molecule has 0 atom stereocenters. The Labute approximate surface area is 114 Å². The summed E-state index contributed by atoms with van der Waals surface area (Å²) < 4.78 is 31.3. The van der Waals surface area contributed by atoms with E-state index in [1.807, 2.05) is 0 Å². The third-order valence-corrected chi connectivity index (χ3v) is 4.91. The number of nitrogens with one attached hydrogen (secondary N) is 1. The fraction of sp³-hybridized carbons (Fsp3) is 0.182. The molecule has 0 bridgehead atoms. The van der Waals surface area contributed by atoms with E-state index in [9.17, 15) is 13.2 Å². The molecule has 0 unspecified atom stereocenters. The van der Waals surface area contributed by atoms with Crippen LogP contribution in [0.15, 0.2) is 39.2 Å². The highest BCUT2D eigenvalue weighted by molar-refractivity contribution is 7.89. The number of carbonyl (C=O) groups excluding carboxylic acids is 1. The van der Waals surface area contributed by atoms with Crippen LogP contribution in [0, 0.1) is 0 Å². The fourth-order valence-electron chi connectivity index (χ4n) is 1.44. The van der Waals surface area contributed by atoms with Gasteiger partial charge in [-0.15, -0.1) is 11.3 Å². The molecule has 0 aliphatic heterocycles. The van der Waals surface area contributed by atoms with Crippen LogP contribution in [0.4, 0.5) is 0 Å². The molecular weight excluding hydrogens is 288 g/mol. The van der Waals surface area contributed by atoms with Crippen LogP contribution < -0.4 is 10.5 Å². The van der Waals surface area contributed by atoms with E-state index in [4.69, 9.17) is 10.2 Å². The molecule has 0 aromatic carbocycles. The molecule has 0 spiro atoms. The van der Waals surface area contributed by atoms with Gasteiger partial charge in [0.25, 0.3) is 5.91 Å². The zero-order valence-corrected chi connectivity index (χ0v) is 11.5. The molecule has 0 aliphatic carbocycles. The van der Waals surface area contributed by atoms with Gasteiger partial charge in [0, 0.05) is 18.3 Å². The Morgan fingerprint density at radius 1 is 1.47 bits per heavy atom. The first-order valence-corrected chi connectivity index (χ1v) is 7.76. The van der Waals surface area contributed by atoms with Crippen molar-refractivity contribution in [2.45, 2.75) is 11.3 Å². The van der Waals surface area contributed by atoms with Crippen molar-refractivity contribution in [1.29, 1.82) is 0 Å². The van der Waals surface area contributed by atoms with Crippen LogP contribution in [0.1, 0.15) is 15.4 Å². The van der Waals surface area contributed by atoms with Gasteiger partial charge < -0.3 is 10.2 Å². The Morgan fingerprint density at radius 3 is 2.84 bits per heavy atom. The highest BCUT2D eigenvalue weighted by atomic mass is 32.2. The summed E-state index contributed by atoms with van der Waals surface area (Å²) in [6.07, 6.45) is 1.99. The Kier molecular flexibility index (Phi) is 4.03. The van der Waals surface area contributed by atoms with Gasteiger partial charge in [0.2, 0.25) is 10.0 Å². The maximum Gasteiger partial charge on any atom is 0.258 e. The number of carbonyl (C=O) groups is 1. The normalized spacial score (nSPS) is 11.6. The molecule has 102 valence electrons. The minimum Gasteiger partial charge on any atom is -0.469 e. The van der Waals surface area contributed by atoms with E-state index >= 15 is 0 Å². The third-order valence-electron chi connectivity index (χ3n) is 2.37. The predicted molar refractivity (Wildman–Crippen MR) is 70.4 cm³/mol. The van der Waals surface area contributed by atoms with E-state index in [0.29, 0.717) is 12.2 Å². The lowest BCUT2D eigenvalue weighted by molar-refractivity contribution is 0.100. The van der Waals surface area contributed by atoms with Crippen LogP contribution in [-0.2, 0) is 16.4 Å². The zero-order valence-electron chi connectivity index (χ0n) is 9.83. The van der Waals surface area contributed by atoms with Crippen molar-refractivity contribution in [2.24, 2.45) is 5.73 Å². The minimum atomic E-state index is -3.62. The van der Waals surface area contributed by atoms with Gasteiger partial charge in [-0.25, -0.2) is 13.1 Å². The van der Waals surface area contributed by atoms with E-state index in [1.54, 1.807) is 12.1 Å². The van der Waals surface area contributed by atoms with E-state index in [2.05, 4.69) is 4.72 Å². The van der Waals surface area contributed by atoms with Gasteiger partial charge in [-0.05, 0) is 18.2 Å². The van der Waals surface area contributed by atoms with Crippen LogP contribution in [0.3, 0.4) is 0 Å². The quantitative estimate of drug-likeness (QED) is 0.829. The van der Waals surface area contributed by atoms with Crippen LogP contribution >= 0.6 is 11.3 Å². The highest BCUT2D eigenvalue weighted by Crippen LogP contribution is 2.18. The second kappa shape index (κ2) is 5.55. The van der Waals surface area contributed by atoms with Crippen molar-refractivity contribution in [3.63, 3.8) is 0 Å². The molecule has 19 heavy (non-hydrogen) atoms. The number of sulfonamides is 1. The molecule has 0 saturated carbocycles. The summed E-state index contributed by atoms with van der Waals surface area (Å²) in [4.78, 5) is 11.2. The average Bonchev–Trinajstić information content (AvgIpc) is 2.99. The molecule has 1 amide bonds. The van der Waals surface area contributed by atoms with Gasteiger partial charge in [-0.2, -0.15) is 0 Å². The molecule has 2 aromatic heterocycles. The summed E-state index contributed by atoms with van der Waals surface area (Å²) in [5.41, 5.74) is 5.08. The van der Waals surface area contributed by atoms with Crippen LogP contribution in [0.25, 0.3) is 0 Å². The second-order valence-corrected chi connectivity index (χ2v) is 6.42. The SMILES string of the molecule is NC(=O)c1cc(S(=O)(=O)NCCc2ccco2)cs1. The van der Waals surface area contributed by atoms with Gasteiger partial charge in [0.05, 0.1) is 16.0 Å². The Hall–Kier alpha value is -1.64. The average molecular weight is 300 g/mol. The second-order valence-electron chi connectivity index (χ2n) is 3.74. The molecule has 3 N–H and O–H groups in total. The van der Waals surface area contributed by atoms with Gasteiger partial charge in [-0.1, -0.05) is 0 Å². The Bertz CT molecular complexity index is 659. The summed E-state index contributed by atoms with van der Waals surface area (Å²) in [5, 5.41) is 1.38. The number of nitrogens with two attached hydrogens (primary N) is 1. The molecule has 0 aliphatic rings. The number of primary amides is 1. The lowest BCUT2D eigenvalue weighted by atomic mass is 10.3. The van der Waals surface area contributed by atoms with Crippen LogP contribution in [0.2, 0.25) is 0 Å². The Balaban J connectivity index is 1.99. The predicted octanol–water partition coefficient (Wildman–Crippen LogP) is 0.961. The number of hydrogen-bond donors (Lipinski definition) is 2. The molecule has 2 aromatic rings. The summed E-state index contributed by atoms with van der Waals surface area (Å²) in [5.74, 6) is 0.0629. The Morgan fingerprint density at radius 2 is 2.26 bits per heavy atom. The number of furan rings is 1. The zero-order chi connectivity index (χ0) is 13.9. The fourth-order valence-corrected chi connectivity index (χ4v) is 3.59. The van der Waals surface area contributed by atoms with Crippen molar-refractivity contribution >= 4 is 27.3 Å². The van der Waals surface area contributed by atoms with Crippen LogP contribution in [-0.4, -0.2) is 20.9 Å². The van der Waals surface area contributed by atoms with Crippen molar-refractivity contribution < 1.29 is 17.6 Å². The van der Waals surface area contributed by atoms with Crippen molar-refractivity contribution in [3.05, 3.63) is 40.5 Å². The molecule has 6 nitrogen and oxygen atoms in total. The van der Waals surface area contributed by atoms with Crippen molar-refractivity contribution in [3.8, 4) is 0 Å². The van der Waals surface area contributed by atoms with E-state index < -0.39 is 15.9 Å². The number of rotatable bonds is 6. The van der Waals surface area contributed by atoms with Crippen molar-refractivity contribution in [2.75, 3.05) is 6.54 Å². The maximum atomic E-state index is 11.9. The lowest BCUT2D eigenvalue weighted by Gasteiger charge is -2.03. The van der Waals surface area contributed by atoms with Gasteiger partial charge in [-0.3, -0.25) is 4.79 Å². The lowest BCUT2D eigenvalue weighted by Crippen LogP contribution is -2.25. The first-order chi connectivity index (χ1) is 8.99. The number of hydrogen-bond acceptors (Lipinski definition) is 5. The smallest absolute Gasteiger partial charge is 0.258 e. The standard InChI is InChI=1S/C11H12N2O4S2/c12-11(14)10-6-9(7-18-10)19(15,16)13-4-3-8-2-1-5-17-8/h1-2,5-7,13H,3-4H2,(H2,12,14). The first kappa shape index (κ1) is 13.8. The van der Waals surface area contributed by atoms with Gasteiger partial charge >= 0.3 is 0 Å². The maximum absolute atomic E-state index is 11.9. The summed E-state index contributed by atoms with van der Waals surface area (Å²) in [6.45, 7) is 0.220. The molecule has 2 rings (SSSR count).